The van der Waals surface area contributed by atoms with Crippen LogP contribution in [0.4, 0.5) is 23.2 Å². The van der Waals surface area contributed by atoms with Crippen LogP contribution < -0.4 is 5.32 Å². The van der Waals surface area contributed by atoms with E-state index in [9.17, 15) is 30.8 Å². The third-order valence-corrected chi connectivity index (χ3v) is 5.22. The van der Waals surface area contributed by atoms with Crippen molar-refractivity contribution in [3.63, 3.8) is 0 Å². The molecule has 0 spiro atoms. The number of nitrogens with one attached hydrogen (secondary N) is 1. The van der Waals surface area contributed by atoms with Crippen LogP contribution in [-0.2, 0) is 16.2 Å². The highest BCUT2D eigenvalue weighted by atomic mass is 32.2. The predicted octanol–water partition coefficient (Wildman–Crippen LogP) is 3.35. The standard InChI is InChI=1S/C16H14F4N2O3S/c1-22(2)26(24,25)12-6-7-14(17)13(9-12)15(23)21-11-5-3-4-10(8-11)16(18,19)20/h3-9H,1-2H3,(H,21,23). The van der Waals surface area contributed by atoms with E-state index in [1.54, 1.807) is 0 Å². The van der Waals surface area contributed by atoms with E-state index in [1.807, 2.05) is 0 Å². The van der Waals surface area contributed by atoms with E-state index in [0.717, 1.165) is 34.6 Å². The minimum Gasteiger partial charge on any atom is -0.322 e. The molecule has 5 nitrogen and oxygen atoms in total. The Labute approximate surface area is 147 Å². The van der Waals surface area contributed by atoms with Crippen LogP contribution in [0.3, 0.4) is 0 Å². The maximum absolute atomic E-state index is 13.9. The van der Waals surface area contributed by atoms with Crippen LogP contribution in [0.25, 0.3) is 0 Å². The average Bonchev–Trinajstić information content (AvgIpc) is 2.54. The molecular weight excluding hydrogens is 376 g/mol. The fraction of sp³-hybridized carbons (Fsp3) is 0.188. The zero-order valence-electron chi connectivity index (χ0n) is 13.6. The number of hydrogen-bond donors (Lipinski definition) is 1. The van der Waals surface area contributed by atoms with Crippen molar-refractivity contribution in [2.24, 2.45) is 0 Å². The Morgan fingerprint density at radius 2 is 1.73 bits per heavy atom. The van der Waals surface area contributed by atoms with Gasteiger partial charge < -0.3 is 5.32 Å². The fourth-order valence-electron chi connectivity index (χ4n) is 2.02. The lowest BCUT2D eigenvalue weighted by molar-refractivity contribution is -0.137. The molecule has 0 bridgehead atoms. The van der Waals surface area contributed by atoms with Crippen LogP contribution in [-0.4, -0.2) is 32.7 Å². The molecule has 0 aliphatic rings. The van der Waals surface area contributed by atoms with Crippen LogP contribution in [0.2, 0.25) is 0 Å². The molecule has 1 amide bonds. The van der Waals surface area contributed by atoms with Crippen LogP contribution in [0.15, 0.2) is 47.4 Å². The lowest BCUT2D eigenvalue weighted by Crippen LogP contribution is -2.23. The molecule has 1 N–H and O–H groups in total. The lowest BCUT2D eigenvalue weighted by atomic mass is 10.1. The van der Waals surface area contributed by atoms with Gasteiger partial charge in [-0.05, 0) is 36.4 Å². The number of sulfonamides is 1. The van der Waals surface area contributed by atoms with E-state index in [-0.39, 0.29) is 10.6 Å². The maximum Gasteiger partial charge on any atom is 0.416 e. The Hall–Kier alpha value is -2.46. The van der Waals surface area contributed by atoms with Gasteiger partial charge in [-0.1, -0.05) is 6.07 Å². The molecule has 0 aliphatic heterocycles. The molecule has 0 aromatic heterocycles. The number of alkyl halides is 3. The van der Waals surface area contributed by atoms with Gasteiger partial charge in [0, 0.05) is 19.8 Å². The molecule has 2 rings (SSSR count). The van der Waals surface area contributed by atoms with Crippen molar-refractivity contribution < 1.29 is 30.8 Å². The zero-order chi connectivity index (χ0) is 19.7. The Kier molecular flexibility index (Phi) is 5.38. The van der Waals surface area contributed by atoms with Gasteiger partial charge >= 0.3 is 6.18 Å². The topological polar surface area (TPSA) is 66.5 Å². The predicted molar refractivity (Wildman–Crippen MR) is 86.7 cm³/mol. The molecule has 10 heteroatoms. The molecule has 0 atom stereocenters. The van der Waals surface area contributed by atoms with Crippen molar-refractivity contribution in [3.05, 3.63) is 59.4 Å². The van der Waals surface area contributed by atoms with E-state index in [4.69, 9.17) is 0 Å². The minimum absolute atomic E-state index is 0.204. The first-order chi connectivity index (χ1) is 11.9. The van der Waals surface area contributed by atoms with E-state index in [2.05, 4.69) is 5.32 Å². The third-order valence-electron chi connectivity index (χ3n) is 3.41. The quantitative estimate of drug-likeness (QED) is 0.815. The maximum atomic E-state index is 13.9. The highest BCUT2D eigenvalue weighted by Gasteiger charge is 2.30. The number of rotatable bonds is 4. The number of halogens is 4. The van der Waals surface area contributed by atoms with Gasteiger partial charge in [-0.25, -0.2) is 17.1 Å². The van der Waals surface area contributed by atoms with Gasteiger partial charge in [0.1, 0.15) is 5.82 Å². The van der Waals surface area contributed by atoms with E-state index >= 15 is 0 Å². The number of benzene rings is 2. The number of hydrogen-bond acceptors (Lipinski definition) is 3. The van der Waals surface area contributed by atoms with Crippen molar-refractivity contribution in [1.29, 1.82) is 0 Å². The first kappa shape index (κ1) is 19.9. The molecular formula is C16H14F4N2O3S. The first-order valence-electron chi connectivity index (χ1n) is 7.13. The number of nitrogens with zero attached hydrogens (tertiary/aromatic N) is 1. The summed E-state index contributed by atoms with van der Waals surface area (Å²) in [5.41, 5.74) is -1.80. The largest absolute Gasteiger partial charge is 0.416 e. The fourth-order valence-corrected chi connectivity index (χ4v) is 2.95. The monoisotopic (exact) mass is 390 g/mol. The van der Waals surface area contributed by atoms with Gasteiger partial charge in [0.15, 0.2) is 0 Å². The Bertz CT molecular complexity index is 941. The Balaban J connectivity index is 2.36. The summed E-state index contributed by atoms with van der Waals surface area (Å²) in [4.78, 5) is 11.9. The second kappa shape index (κ2) is 7.04. The molecule has 2 aromatic carbocycles. The summed E-state index contributed by atoms with van der Waals surface area (Å²) >= 11 is 0. The molecule has 0 saturated carbocycles. The Morgan fingerprint density at radius 1 is 1.08 bits per heavy atom. The highest BCUT2D eigenvalue weighted by Crippen LogP contribution is 2.30. The highest BCUT2D eigenvalue weighted by molar-refractivity contribution is 7.89. The van der Waals surface area contributed by atoms with E-state index < -0.39 is 39.1 Å². The van der Waals surface area contributed by atoms with Crippen molar-refractivity contribution in [1.82, 2.24) is 4.31 Å². The summed E-state index contributed by atoms with van der Waals surface area (Å²) in [6, 6.07) is 6.42. The number of amides is 1. The van der Waals surface area contributed by atoms with Crippen LogP contribution in [0.5, 0.6) is 0 Å². The molecule has 140 valence electrons. The first-order valence-corrected chi connectivity index (χ1v) is 8.57. The van der Waals surface area contributed by atoms with Crippen LogP contribution >= 0.6 is 0 Å². The Morgan fingerprint density at radius 3 is 2.31 bits per heavy atom. The number of carbonyl (C=O) groups excluding carboxylic acids is 1. The zero-order valence-corrected chi connectivity index (χ0v) is 14.5. The van der Waals surface area contributed by atoms with Crippen molar-refractivity contribution >= 4 is 21.6 Å². The summed E-state index contributed by atoms with van der Waals surface area (Å²) in [5, 5.41) is 2.13. The van der Waals surface area contributed by atoms with Crippen molar-refractivity contribution in [3.8, 4) is 0 Å². The molecule has 0 aliphatic carbocycles. The summed E-state index contributed by atoms with van der Waals surface area (Å²) in [7, 11) is -1.38. The van der Waals surface area contributed by atoms with Crippen molar-refractivity contribution in [2.75, 3.05) is 19.4 Å². The molecule has 0 unspecified atom stereocenters. The molecule has 0 fully saturated rings. The molecule has 0 heterocycles. The molecule has 2 aromatic rings. The third kappa shape index (κ3) is 4.20. The summed E-state index contributed by atoms with van der Waals surface area (Å²) in [6.07, 6.45) is -4.61. The van der Waals surface area contributed by atoms with E-state index in [0.29, 0.717) is 6.07 Å². The number of anilines is 1. The molecule has 0 saturated heterocycles. The number of carbonyl (C=O) groups is 1. The lowest BCUT2D eigenvalue weighted by Gasteiger charge is -2.13. The van der Waals surface area contributed by atoms with Crippen molar-refractivity contribution in [2.45, 2.75) is 11.1 Å². The summed E-state index contributed by atoms with van der Waals surface area (Å²) < 4.78 is 77.1. The molecule has 26 heavy (non-hydrogen) atoms. The average molecular weight is 390 g/mol. The van der Waals surface area contributed by atoms with Crippen LogP contribution in [0.1, 0.15) is 15.9 Å². The van der Waals surface area contributed by atoms with Gasteiger partial charge in [0.2, 0.25) is 10.0 Å². The summed E-state index contributed by atoms with van der Waals surface area (Å²) in [5.74, 6) is -2.08. The van der Waals surface area contributed by atoms with Gasteiger partial charge in [-0.2, -0.15) is 13.2 Å². The second-order valence-electron chi connectivity index (χ2n) is 5.46. The van der Waals surface area contributed by atoms with Gasteiger partial charge in [-0.3, -0.25) is 4.79 Å². The normalized spacial score (nSPS) is 12.3. The summed E-state index contributed by atoms with van der Waals surface area (Å²) in [6.45, 7) is 0. The smallest absolute Gasteiger partial charge is 0.322 e. The van der Waals surface area contributed by atoms with Gasteiger partial charge in [-0.15, -0.1) is 0 Å². The molecule has 0 radical (unpaired) electrons. The van der Waals surface area contributed by atoms with Gasteiger partial charge in [0.05, 0.1) is 16.0 Å². The SMILES string of the molecule is CN(C)S(=O)(=O)c1ccc(F)c(C(=O)Nc2cccc(C(F)(F)F)c2)c1. The van der Waals surface area contributed by atoms with Gasteiger partial charge in [0.25, 0.3) is 5.91 Å². The minimum atomic E-state index is -4.61. The second-order valence-corrected chi connectivity index (χ2v) is 7.61. The van der Waals surface area contributed by atoms with Crippen LogP contribution in [0, 0.1) is 5.82 Å². The van der Waals surface area contributed by atoms with E-state index in [1.165, 1.54) is 20.2 Å².